The van der Waals surface area contributed by atoms with Gasteiger partial charge in [-0.05, 0) is 46.5 Å². The highest BCUT2D eigenvalue weighted by Crippen LogP contribution is 2.27. The van der Waals surface area contributed by atoms with Crippen molar-refractivity contribution in [1.82, 2.24) is 15.0 Å². The molecule has 0 radical (unpaired) electrons. The summed E-state index contributed by atoms with van der Waals surface area (Å²) in [6.45, 7) is 4.08. The fourth-order valence-corrected chi connectivity index (χ4v) is 2.27. The zero-order valence-corrected chi connectivity index (χ0v) is 11.6. The predicted octanol–water partition coefficient (Wildman–Crippen LogP) is 2.28. The maximum absolute atomic E-state index is 10.3. The smallest absolute Gasteiger partial charge is 0.154 e. The summed E-state index contributed by atoms with van der Waals surface area (Å²) in [6, 6.07) is 5.91. The molecule has 1 atom stereocenters. The van der Waals surface area contributed by atoms with Crippen molar-refractivity contribution in [2.24, 2.45) is 7.05 Å². The van der Waals surface area contributed by atoms with Crippen LogP contribution >= 0.6 is 15.9 Å². The van der Waals surface area contributed by atoms with Gasteiger partial charge in [0.1, 0.15) is 11.8 Å². The Labute approximate surface area is 108 Å². The molecule has 5 heteroatoms. The first-order chi connectivity index (χ1) is 8.00. The number of aliphatic hydroxyl groups excluding tert-OH is 1. The van der Waals surface area contributed by atoms with Crippen molar-refractivity contribution < 1.29 is 5.11 Å². The van der Waals surface area contributed by atoms with E-state index in [1.54, 1.807) is 11.7 Å². The summed E-state index contributed by atoms with van der Waals surface area (Å²) in [6.07, 6.45) is -0.719. The molecule has 2 aromatic rings. The molecule has 0 saturated carbocycles. The SMILES string of the molecule is Cc1ccc(C(O)c2c(Br)nnn2C)cc1C. The van der Waals surface area contributed by atoms with Gasteiger partial charge in [0.15, 0.2) is 4.60 Å². The molecule has 4 nitrogen and oxygen atoms in total. The monoisotopic (exact) mass is 295 g/mol. The van der Waals surface area contributed by atoms with Crippen LogP contribution in [-0.4, -0.2) is 20.1 Å². The molecule has 1 heterocycles. The molecule has 0 amide bonds. The maximum Gasteiger partial charge on any atom is 0.154 e. The van der Waals surface area contributed by atoms with Crippen LogP contribution in [0.2, 0.25) is 0 Å². The lowest BCUT2D eigenvalue weighted by Gasteiger charge is -2.13. The van der Waals surface area contributed by atoms with Gasteiger partial charge in [-0.3, -0.25) is 0 Å². The number of rotatable bonds is 2. The summed E-state index contributed by atoms with van der Waals surface area (Å²) in [5, 5.41) is 18.1. The van der Waals surface area contributed by atoms with Gasteiger partial charge >= 0.3 is 0 Å². The van der Waals surface area contributed by atoms with E-state index in [4.69, 9.17) is 0 Å². The van der Waals surface area contributed by atoms with Crippen LogP contribution in [0.15, 0.2) is 22.8 Å². The molecule has 0 fully saturated rings. The van der Waals surface area contributed by atoms with Gasteiger partial charge in [-0.2, -0.15) is 0 Å². The fraction of sp³-hybridized carbons (Fsp3) is 0.333. The topological polar surface area (TPSA) is 50.9 Å². The third kappa shape index (κ3) is 2.25. The first-order valence-corrected chi connectivity index (χ1v) is 6.10. The zero-order chi connectivity index (χ0) is 12.6. The van der Waals surface area contributed by atoms with Crippen molar-refractivity contribution >= 4 is 15.9 Å². The van der Waals surface area contributed by atoms with Gasteiger partial charge in [-0.15, -0.1) is 5.10 Å². The largest absolute Gasteiger partial charge is 0.382 e. The van der Waals surface area contributed by atoms with Crippen LogP contribution in [0, 0.1) is 13.8 Å². The van der Waals surface area contributed by atoms with Crippen LogP contribution in [0.4, 0.5) is 0 Å². The molecular weight excluding hydrogens is 282 g/mol. The number of benzene rings is 1. The van der Waals surface area contributed by atoms with Gasteiger partial charge in [-0.25, -0.2) is 4.68 Å². The highest BCUT2D eigenvalue weighted by Gasteiger charge is 2.19. The molecule has 0 aliphatic heterocycles. The Morgan fingerprint density at radius 1 is 1.29 bits per heavy atom. The van der Waals surface area contributed by atoms with E-state index in [2.05, 4.69) is 26.2 Å². The Morgan fingerprint density at radius 3 is 2.53 bits per heavy atom. The van der Waals surface area contributed by atoms with E-state index in [1.165, 1.54) is 5.56 Å². The van der Waals surface area contributed by atoms with Crippen molar-refractivity contribution in [3.63, 3.8) is 0 Å². The Hall–Kier alpha value is -1.20. The normalized spacial score (nSPS) is 12.8. The summed E-state index contributed by atoms with van der Waals surface area (Å²) in [7, 11) is 1.76. The molecule has 0 aliphatic rings. The average Bonchev–Trinajstić information content (AvgIpc) is 2.62. The Kier molecular flexibility index (Phi) is 3.31. The lowest BCUT2D eigenvalue weighted by Crippen LogP contribution is -2.07. The van der Waals surface area contributed by atoms with E-state index in [-0.39, 0.29) is 0 Å². The summed E-state index contributed by atoms with van der Waals surface area (Å²) < 4.78 is 2.15. The first-order valence-electron chi connectivity index (χ1n) is 5.31. The number of halogens is 1. The molecule has 0 spiro atoms. The molecule has 90 valence electrons. The van der Waals surface area contributed by atoms with Gasteiger partial charge < -0.3 is 5.11 Å². The minimum absolute atomic E-state index is 0.575. The van der Waals surface area contributed by atoms with Crippen molar-refractivity contribution in [1.29, 1.82) is 0 Å². The molecule has 1 aromatic heterocycles. The second kappa shape index (κ2) is 4.58. The van der Waals surface area contributed by atoms with E-state index in [0.717, 1.165) is 11.1 Å². The van der Waals surface area contributed by atoms with E-state index in [1.807, 2.05) is 32.0 Å². The molecular formula is C12H14BrN3O. The molecule has 0 aliphatic carbocycles. The third-order valence-corrected chi connectivity index (χ3v) is 3.50. The van der Waals surface area contributed by atoms with Crippen molar-refractivity contribution in [2.75, 3.05) is 0 Å². The standard InChI is InChI=1S/C12H14BrN3O/c1-7-4-5-9(6-8(7)2)11(17)10-12(13)14-15-16(10)3/h4-6,11,17H,1-3H3. The van der Waals surface area contributed by atoms with Gasteiger partial charge in [0.2, 0.25) is 0 Å². The van der Waals surface area contributed by atoms with Gasteiger partial charge in [0.05, 0.1) is 0 Å². The predicted molar refractivity (Wildman–Crippen MR) is 68.7 cm³/mol. The minimum atomic E-state index is -0.719. The number of nitrogens with zero attached hydrogens (tertiary/aromatic N) is 3. The molecule has 17 heavy (non-hydrogen) atoms. The maximum atomic E-state index is 10.3. The van der Waals surface area contributed by atoms with Gasteiger partial charge in [-0.1, -0.05) is 23.4 Å². The number of aliphatic hydroxyl groups is 1. The van der Waals surface area contributed by atoms with Crippen molar-refractivity contribution in [3.8, 4) is 0 Å². The summed E-state index contributed by atoms with van der Waals surface area (Å²) in [4.78, 5) is 0. The van der Waals surface area contributed by atoms with Crippen LogP contribution in [-0.2, 0) is 7.05 Å². The van der Waals surface area contributed by atoms with Gasteiger partial charge in [0.25, 0.3) is 0 Å². The second-order valence-corrected chi connectivity index (χ2v) is 4.89. The summed E-state index contributed by atoms with van der Waals surface area (Å²) in [5.41, 5.74) is 3.88. The Balaban J connectivity index is 2.43. The Bertz CT molecular complexity index is 531. The summed E-state index contributed by atoms with van der Waals surface area (Å²) in [5.74, 6) is 0. The highest BCUT2D eigenvalue weighted by atomic mass is 79.9. The van der Waals surface area contributed by atoms with Crippen molar-refractivity contribution in [2.45, 2.75) is 20.0 Å². The van der Waals surface area contributed by atoms with E-state index in [0.29, 0.717) is 10.3 Å². The Morgan fingerprint density at radius 2 is 2.00 bits per heavy atom. The van der Waals surface area contributed by atoms with Crippen LogP contribution in [0.3, 0.4) is 0 Å². The lowest BCUT2D eigenvalue weighted by molar-refractivity contribution is 0.209. The average molecular weight is 296 g/mol. The van der Waals surface area contributed by atoms with E-state index < -0.39 is 6.10 Å². The number of aryl methyl sites for hydroxylation is 3. The molecule has 1 unspecified atom stereocenters. The first kappa shape index (κ1) is 12.3. The van der Waals surface area contributed by atoms with Crippen molar-refractivity contribution in [3.05, 3.63) is 45.2 Å². The number of aromatic nitrogens is 3. The second-order valence-electron chi connectivity index (χ2n) is 4.14. The molecule has 1 N–H and O–H groups in total. The van der Waals surface area contributed by atoms with Crippen LogP contribution in [0.1, 0.15) is 28.5 Å². The van der Waals surface area contributed by atoms with Crippen LogP contribution < -0.4 is 0 Å². The van der Waals surface area contributed by atoms with Crippen LogP contribution in [0.25, 0.3) is 0 Å². The number of hydrogen-bond acceptors (Lipinski definition) is 3. The summed E-state index contributed by atoms with van der Waals surface area (Å²) >= 11 is 3.29. The van der Waals surface area contributed by atoms with Gasteiger partial charge in [0, 0.05) is 7.05 Å². The molecule has 2 rings (SSSR count). The fourth-order valence-electron chi connectivity index (χ4n) is 1.72. The minimum Gasteiger partial charge on any atom is -0.382 e. The lowest BCUT2D eigenvalue weighted by atomic mass is 10.0. The van der Waals surface area contributed by atoms with Crippen LogP contribution in [0.5, 0.6) is 0 Å². The molecule has 0 saturated heterocycles. The molecule has 1 aromatic carbocycles. The van der Waals surface area contributed by atoms with E-state index in [9.17, 15) is 5.11 Å². The zero-order valence-electron chi connectivity index (χ0n) is 9.98. The third-order valence-electron chi connectivity index (χ3n) is 2.93. The quantitative estimate of drug-likeness (QED) is 0.925. The van der Waals surface area contributed by atoms with E-state index >= 15 is 0 Å². The highest BCUT2D eigenvalue weighted by molar-refractivity contribution is 9.10. The molecule has 0 bridgehead atoms. The number of hydrogen-bond donors (Lipinski definition) is 1.